The van der Waals surface area contributed by atoms with Gasteiger partial charge in [0.2, 0.25) is 0 Å². The number of urea groups is 1. The van der Waals surface area contributed by atoms with E-state index in [-0.39, 0.29) is 17.6 Å². The van der Waals surface area contributed by atoms with Crippen molar-refractivity contribution in [3.8, 4) is 0 Å². The summed E-state index contributed by atoms with van der Waals surface area (Å²) in [6.45, 7) is 5.18. The molecular weight excluding hydrogens is 495 g/mol. The second-order valence-electron chi connectivity index (χ2n) is 10.5. The summed E-state index contributed by atoms with van der Waals surface area (Å²) in [6, 6.07) is 8.68. The second-order valence-corrected chi connectivity index (χ2v) is 11.1. The molecule has 3 amide bonds. The van der Waals surface area contributed by atoms with Gasteiger partial charge in [0, 0.05) is 11.8 Å². The van der Waals surface area contributed by atoms with Crippen LogP contribution >= 0.6 is 9.24 Å². The Morgan fingerprint density at radius 3 is 2.54 bits per heavy atom. The molecule has 1 N–H and O–H groups in total. The van der Waals surface area contributed by atoms with Gasteiger partial charge in [0.25, 0.3) is 0 Å². The van der Waals surface area contributed by atoms with Crippen LogP contribution in [0.2, 0.25) is 0 Å². The molecule has 2 aromatic carbocycles. The smallest absolute Gasteiger partial charge is 0.419 e. The molecule has 3 unspecified atom stereocenters. The summed E-state index contributed by atoms with van der Waals surface area (Å²) >= 11 is 0. The summed E-state index contributed by atoms with van der Waals surface area (Å²) in [5.74, 6) is 0.132. The maximum atomic E-state index is 13.9. The van der Waals surface area contributed by atoms with E-state index < -0.39 is 24.3 Å². The van der Waals surface area contributed by atoms with E-state index in [1.54, 1.807) is 24.3 Å². The first kappa shape index (κ1) is 26.1. The van der Waals surface area contributed by atoms with Crippen LogP contribution in [0.25, 0.3) is 0 Å². The number of likely N-dealkylation sites (tertiary alicyclic amines) is 1. The minimum Gasteiger partial charge on any atom is -0.443 e. The van der Waals surface area contributed by atoms with Crippen molar-refractivity contribution >= 4 is 26.7 Å². The Morgan fingerprint density at radius 1 is 1.11 bits per heavy atom. The van der Waals surface area contributed by atoms with E-state index in [4.69, 9.17) is 4.74 Å². The molecule has 2 aliphatic heterocycles. The molecule has 0 spiro atoms. The zero-order chi connectivity index (χ0) is 26.1. The highest BCUT2D eigenvalue weighted by Crippen LogP contribution is 2.46. The van der Waals surface area contributed by atoms with E-state index in [0.717, 1.165) is 62.2 Å². The van der Waals surface area contributed by atoms with Gasteiger partial charge in [0.05, 0.1) is 0 Å². The number of rotatable bonds is 7. The molecule has 3 aliphatic rings. The molecule has 0 aromatic heterocycles. The van der Waals surface area contributed by atoms with Gasteiger partial charge in [-0.25, -0.2) is 23.3 Å². The number of hydrogen-bond donors (Lipinski definition) is 1. The molecule has 1 aliphatic carbocycles. The highest BCUT2D eigenvalue weighted by atomic mass is 31.0. The average molecular weight is 530 g/mol. The highest BCUT2D eigenvalue weighted by molar-refractivity contribution is 7.27. The minimum atomic E-state index is -0.646. The van der Waals surface area contributed by atoms with E-state index in [2.05, 4.69) is 19.5 Å². The molecule has 2 saturated heterocycles. The number of piperidine rings is 1. The molecule has 2 heterocycles. The third-order valence-corrected chi connectivity index (χ3v) is 8.32. The number of benzene rings is 2. The number of nitrogens with zero attached hydrogens (tertiary/aromatic N) is 2. The van der Waals surface area contributed by atoms with Crippen LogP contribution in [0.5, 0.6) is 0 Å². The summed E-state index contributed by atoms with van der Waals surface area (Å²) in [7, 11) is 2.36. The van der Waals surface area contributed by atoms with E-state index in [1.165, 1.54) is 11.6 Å². The van der Waals surface area contributed by atoms with Crippen molar-refractivity contribution in [3.63, 3.8) is 0 Å². The van der Waals surface area contributed by atoms with Crippen molar-refractivity contribution in [3.05, 3.63) is 64.7 Å². The predicted octanol–water partition coefficient (Wildman–Crippen LogP) is 5.02. The molecule has 0 radical (unpaired) electrons. The second kappa shape index (κ2) is 11.0. The molecular formula is C28H34F2N3O3P. The molecule has 2 aromatic rings. The quantitative estimate of drug-likeness (QED) is 0.404. The van der Waals surface area contributed by atoms with Crippen LogP contribution < -0.4 is 10.6 Å². The van der Waals surface area contributed by atoms with Crippen LogP contribution in [-0.4, -0.2) is 54.2 Å². The average Bonchev–Trinajstić information content (AvgIpc) is 3.66. The number of cyclic esters (lactones) is 1. The first-order valence-electron chi connectivity index (χ1n) is 13.1. The number of ether oxygens (including phenoxy) is 1. The first-order chi connectivity index (χ1) is 17.8. The Kier molecular flexibility index (Phi) is 7.77. The zero-order valence-corrected chi connectivity index (χ0v) is 22.2. The van der Waals surface area contributed by atoms with Gasteiger partial charge in [-0.2, -0.15) is 0 Å². The van der Waals surface area contributed by atoms with Crippen LogP contribution in [0.4, 0.5) is 18.4 Å². The van der Waals surface area contributed by atoms with Gasteiger partial charge in [0.1, 0.15) is 23.8 Å². The topological polar surface area (TPSA) is 61.9 Å². The summed E-state index contributed by atoms with van der Waals surface area (Å²) in [6.07, 6.45) is 3.67. The summed E-state index contributed by atoms with van der Waals surface area (Å²) in [4.78, 5) is 29.3. The summed E-state index contributed by atoms with van der Waals surface area (Å²) in [5, 5.41) is 3.29. The van der Waals surface area contributed by atoms with Crippen LogP contribution in [0.15, 0.2) is 36.4 Å². The summed E-state index contributed by atoms with van der Waals surface area (Å²) < 4.78 is 32.9. The molecule has 198 valence electrons. The lowest BCUT2D eigenvalue weighted by atomic mass is 9.87. The van der Waals surface area contributed by atoms with Gasteiger partial charge in [-0.15, -0.1) is 9.24 Å². The van der Waals surface area contributed by atoms with Crippen molar-refractivity contribution in [1.29, 1.82) is 0 Å². The number of hydrogen-bond acceptors (Lipinski definition) is 4. The van der Waals surface area contributed by atoms with Gasteiger partial charge < -0.3 is 15.0 Å². The predicted molar refractivity (Wildman–Crippen MR) is 141 cm³/mol. The van der Waals surface area contributed by atoms with E-state index in [0.29, 0.717) is 23.3 Å². The normalized spacial score (nSPS) is 22.8. The largest absolute Gasteiger partial charge is 0.443 e. The van der Waals surface area contributed by atoms with Crippen LogP contribution in [0, 0.1) is 24.5 Å². The Morgan fingerprint density at radius 2 is 1.86 bits per heavy atom. The molecule has 9 heteroatoms. The monoisotopic (exact) mass is 529 g/mol. The fourth-order valence-electron chi connectivity index (χ4n) is 5.72. The van der Waals surface area contributed by atoms with Crippen molar-refractivity contribution in [2.75, 3.05) is 26.2 Å². The molecule has 37 heavy (non-hydrogen) atoms. The molecule has 3 fully saturated rings. The highest BCUT2D eigenvalue weighted by Gasteiger charge is 2.52. The van der Waals surface area contributed by atoms with Gasteiger partial charge in [0.15, 0.2) is 0 Å². The van der Waals surface area contributed by atoms with Crippen molar-refractivity contribution in [1.82, 2.24) is 15.1 Å². The third kappa shape index (κ3) is 5.80. The van der Waals surface area contributed by atoms with E-state index in [9.17, 15) is 18.4 Å². The Hall–Kier alpha value is -2.57. The molecule has 5 rings (SSSR count). The molecule has 6 nitrogen and oxygen atoms in total. The lowest BCUT2D eigenvalue weighted by Gasteiger charge is -2.33. The van der Waals surface area contributed by atoms with Crippen LogP contribution in [0.3, 0.4) is 0 Å². The number of imide groups is 1. The zero-order valence-electron chi connectivity index (χ0n) is 21.1. The van der Waals surface area contributed by atoms with Gasteiger partial charge in [-0.3, -0.25) is 0 Å². The van der Waals surface area contributed by atoms with Gasteiger partial charge >= 0.3 is 12.1 Å². The van der Waals surface area contributed by atoms with Crippen LogP contribution in [0.1, 0.15) is 60.8 Å². The Balaban J connectivity index is 1.12. The number of carbonyl (C=O) groups is 2. The lowest BCUT2D eigenvalue weighted by molar-refractivity contribution is 0.118. The maximum absolute atomic E-state index is 13.9. The lowest BCUT2D eigenvalue weighted by Crippen LogP contribution is -2.44. The molecule has 3 atom stereocenters. The SMILES string of the molecule is Cc1cc(F)ccc1C1CCN(CCCNC(=O)N2C(=O)OC(C3CC3)C2c2ccc(F)c(P)c2)CC1. The fraction of sp³-hybridized carbons (Fsp3) is 0.500. The van der Waals surface area contributed by atoms with Gasteiger partial charge in [-0.05, 0) is 111 Å². The molecule has 0 bridgehead atoms. The molecule has 1 saturated carbocycles. The Labute approximate surface area is 218 Å². The standard InChI is InChI=1S/C28H34F2N3O3P/c1-17-15-21(29)6-7-22(17)18-9-13-32(14-10-18)12-2-11-31-27(34)33-25(20-5-8-23(30)24(37)16-20)26(19-3-4-19)36-28(33)35/h5-8,15-16,18-19,25-26H,2-4,9-14,37H2,1H3,(H,31,34). The minimum absolute atomic E-state index is 0.191. The summed E-state index contributed by atoms with van der Waals surface area (Å²) in [5.41, 5.74) is 2.95. The van der Waals surface area contributed by atoms with Crippen molar-refractivity contribution < 1.29 is 23.1 Å². The van der Waals surface area contributed by atoms with E-state index in [1.807, 2.05) is 13.0 Å². The number of halogens is 2. The first-order valence-corrected chi connectivity index (χ1v) is 13.7. The number of amides is 3. The number of carbonyl (C=O) groups excluding carboxylic acids is 2. The number of aryl methyl sites for hydroxylation is 1. The third-order valence-electron chi connectivity index (χ3n) is 7.88. The van der Waals surface area contributed by atoms with Crippen molar-refractivity contribution in [2.45, 2.75) is 57.1 Å². The Bertz CT molecular complexity index is 1170. The number of nitrogens with one attached hydrogen (secondary N) is 1. The van der Waals surface area contributed by atoms with Gasteiger partial charge in [-0.1, -0.05) is 12.1 Å². The van der Waals surface area contributed by atoms with E-state index >= 15 is 0 Å². The maximum Gasteiger partial charge on any atom is 0.419 e. The van der Waals surface area contributed by atoms with Crippen LogP contribution in [-0.2, 0) is 4.74 Å². The van der Waals surface area contributed by atoms with Crippen molar-refractivity contribution in [2.24, 2.45) is 5.92 Å². The fourth-order valence-corrected chi connectivity index (χ4v) is 6.01.